The summed E-state index contributed by atoms with van der Waals surface area (Å²) in [6.07, 6.45) is 1.78. The van der Waals surface area contributed by atoms with Gasteiger partial charge < -0.3 is 9.88 Å². The van der Waals surface area contributed by atoms with Crippen molar-refractivity contribution in [1.29, 1.82) is 0 Å². The maximum Gasteiger partial charge on any atom is 0.243 e. The Hall–Kier alpha value is -2.69. The molecule has 1 aromatic heterocycles. The van der Waals surface area contributed by atoms with E-state index in [4.69, 9.17) is 0 Å². The quantitative estimate of drug-likeness (QED) is 0.548. The van der Waals surface area contributed by atoms with E-state index in [1.807, 2.05) is 41.9 Å². The Morgan fingerprint density at radius 3 is 2.39 bits per heavy atom. The summed E-state index contributed by atoms with van der Waals surface area (Å²) in [5.41, 5.74) is 1.51. The first kappa shape index (κ1) is 21.5. The molecule has 1 N–H and O–H groups in total. The molecule has 0 unspecified atom stereocenters. The average molecular weight is 458 g/mol. The van der Waals surface area contributed by atoms with Crippen LogP contribution in [0, 0.1) is 0 Å². The maximum atomic E-state index is 12.6. The highest BCUT2D eigenvalue weighted by molar-refractivity contribution is 7.99. The summed E-state index contributed by atoms with van der Waals surface area (Å²) in [5, 5.41) is 11.8. The lowest BCUT2D eigenvalue weighted by Gasteiger charge is -2.15. The van der Waals surface area contributed by atoms with E-state index in [2.05, 4.69) is 15.5 Å². The molecule has 3 aromatic rings. The summed E-state index contributed by atoms with van der Waals surface area (Å²) in [6, 6.07) is 16.0. The first-order chi connectivity index (χ1) is 14.9. The fourth-order valence-electron chi connectivity index (χ4n) is 3.39. The molecule has 1 fully saturated rings. The Kier molecular flexibility index (Phi) is 6.40. The summed E-state index contributed by atoms with van der Waals surface area (Å²) in [4.78, 5) is 12.6. The van der Waals surface area contributed by atoms with Crippen LogP contribution in [0.25, 0.3) is 11.4 Å². The van der Waals surface area contributed by atoms with Crippen LogP contribution in [0.2, 0.25) is 0 Å². The summed E-state index contributed by atoms with van der Waals surface area (Å²) < 4.78 is 28.5. The number of hydrogen-bond donors (Lipinski definition) is 1. The monoisotopic (exact) mass is 457 g/mol. The van der Waals surface area contributed by atoms with Crippen molar-refractivity contribution >= 4 is 33.4 Å². The van der Waals surface area contributed by atoms with Gasteiger partial charge in [0, 0.05) is 31.4 Å². The number of rotatable bonds is 7. The topological polar surface area (TPSA) is 97.2 Å². The maximum absolute atomic E-state index is 12.6. The average Bonchev–Trinajstić information content (AvgIpc) is 3.44. The van der Waals surface area contributed by atoms with E-state index in [0.717, 1.165) is 24.2 Å². The smallest absolute Gasteiger partial charge is 0.243 e. The molecule has 4 rings (SSSR count). The Balaban J connectivity index is 1.35. The molecule has 2 aromatic carbocycles. The highest BCUT2D eigenvalue weighted by Crippen LogP contribution is 2.24. The molecule has 8 nitrogen and oxygen atoms in total. The van der Waals surface area contributed by atoms with Crippen LogP contribution in [0.15, 0.2) is 64.6 Å². The second-order valence-corrected chi connectivity index (χ2v) is 10.1. The van der Waals surface area contributed by atoms with E-state index < -0.39 is 10.0 Å². The Morgan fingerprint density at radius 2 is 1.71 bits per heavy atom. The molecule has 0 aliphatic carbocycles. The van der Waals surface area contributed by atoms with Crippen LogP contribution in [0.3, 0.4) is 0 Å². The molecular formula is C21H23N5O3S2. The predicted octanol–water partition coefficient (Wildman–Crippen LogP) is 3.00. The van der Waals surface area contributed by atoms with Gasteiger partial charge in [-0.05, 0) is 37.1 Å². The largest absolute Gasteiger partial charge is 0.325 e. The van der Waals surface area contributed by atoms with Crippen LogP contribution in [0.4, 0.5) is 5.69 Å². The van der Waals surface area contributed by atoms with Crippen LogP contribution in [-0.4, -0.2) is 52.2 Å². The molecule has 1 aliphatic rings. The van der Waals surface area contributed by atoms with Crippen molar-refractivity contribution < 1.29 is 13.2 Å². The van der Waals surface area contributed by atoms with E-state index in [1.165, 1.54) is 28.2 Å². The zero-order chi connectivity index (χ0) is 21.8. The van der Waals surface area contributed by atoms with Crippen molar-refractivity contribution in [3.8, 4) is 11.4 Å². The number of anilines is 1. The van der Waals surface area contributed by atoms with Gasteiger partial charge in [-0.3, -0.25) is 4.79 Å². The lowest BCUT2D eigenvalue weighted by molar-refractivity contribution is -0.113. The van der Waals surface area contributed by atoms with Crippen LogP contribution in [0.5, 0.6) is 0 Å². The van der Waals surface area contributed by atoms with Crippen molar-refractivity contribution in [2.45, 2.75) is 22.9 Å². The number of sulfonamides is 1. The van der Waals surface area contributed by atoms with Gasteiger partial charge >= 0.3 is 0 Å². The zero-order valence-electron chi connectivity index (χ0n) is 17.1. The number of nitrogens with one attached hydrogen (secondary N) is 1. The fraction of sp³-hybridized carbons (Fsp3) is 0.286. The van der Waals surface area contributed by atoms with Gasteiger partial charge in [-0.15, -0.1) is 10.2 Å². The molecule has 1 aliphatic heterocycles. The lowest BCUT2D eigenvalue weighted by atomic mass is 10.2. The summed E-state index contributed by atoms with van der Waals surface area (Å²) >= 11 is 1.29. The van der Waals surface area contributed by atoms with E-state index in [0.29, 0.717) is 23.9 Å². The molecule has 1 amide bonds. The normalized spacial score (nSPS) is 14.6. The van der Waals surface area contributed by atoms with Gasteiger partial charge in [0.15, 0.2) is 11.0 Å². The highest BCUT2D eigenvalue weighted by atomic mass is 32.2. The molecular weight excluding hydrogens is 434 g/mol. The number of hydrogen-bond acceptors (Lipinski definition) is 6. The number of benzene rings is 2. The molecule has 31 heavy (non-hydrogen) atoms. The van der Waals surface area contributed by atoms with E-state index >= 15 is 0 Å². The number of amides is 1. The first-order valence-electron chi connectivity index (χ1n) is 9.93. The number of nitrogens with zero attached hydrogens (tertiary/aromatic N) is 4. The number of thioether (sulfide) groups is 1. The molecule has 0 bridgehead atoms. The molecule has 1 saturated heterocycles. The minimum atomic E-state index is -3.46. The lowest BCUT2D eigenvalue weighted by Crippen LogP contribution is -2.27. The Bertz CT molecular complexity index is 1160. The highest BCUT2D eigenvalue weighted by Gasteiger charge is 2.26. The third-order valence-corrected chi connectivity index (χ3v) is 7.97. The van der Waals surface area contributed by atoms with Crippen molar-refractivity contribution in [1.82, 2.24) is 19.1 Å². The minimum Gasteiger partial charge on any atom is -0.325 e. The molecule has 2 heterocycles. The SMILES string of the molecule is Cn1c(SCC(=O)Nc2ccc(S(=O)(=O)N3CCCC3)cc2)nnc1-c1ccccc1. The number of carbonyl (C=O) groups is 1. The second kappa shape index (κ2) is 9.21. The molecule has 10 heteroatoms. The van der Waals surface area contributed by atoms with Gasteiger partial charge in [-0.2, -0.15) is 4.31 Å². The van der Waals surface area contributed by atoms with Crippen LogP contribution in [-0.2, 0) is 21.9 Å². The zero-order valence-corrected chi connectivity index (χ0v) is 18.7. The fourth-order valence-corrected chi connectivity index (χ4v) is 5.62. The van der Waals surface area contributed by atoms with Crippen molar-refractivity contribution in [3.63, 3.8) is 0 Å². The van der Waals surface area contributed by atoms with Gasteiger partial charge in [0.2, 0.25) is 15.9 Å². The van der Waals surface area contributed by atoms with E-state index in [9.17, 15) is 13.2 Å². The summed E-state index contributed by atoms with van der Waals surface area (Å²) in [7, 11) is -1.59. The number of carbonyl (C=O) groups excluding carboxylic acids is 1. The molecule has 0 saturated carbocycles. The number of aromatic nitrogens is 3. The summed E-state index contributed by atoms with van der Waals surface area (Å²) in [6.45, 7) is 1.12. The van der Waals surface area contributed by atoms with Gasteiger partial charge in [0.05, 0.1) is 10.6 Å². The van der Waals surface area contributed by atoms with Gasteiger partial charge in [-0.1, -0.05) is 42.1 Å². The van der Waals surface area contributed by atoms with Crippen molar-refractivity contribution in [3.05, 3.63) is 54.6 Å². The second-order valence-electron chi connectivity index (χ2n) is 7.20. The van der Waals surface area contributed by atoms with E-state index in [-0.39, 0.29) is 16.6 Å². The third kappa shape index (κ3) is 4.81. The van der Waals surface area contributed by atoms with Gasteiger partial charge in [0.1, 0.15) is 0 Å². The third-order valence-electron chi connectivity index (χ3n) is 5.04. The van der Waals surface area contributed by atoms with Crippen molar-refractivity contribution in [2.24, 2.45) is 7.05 Å². The molecule has 0 spiro atoms. The molecule has 162 valence electrons. The minimum absolute atomic E-state index is 0.161. The standard InChI is InChI=1S/C21H23N5O3S2/c1-25-20(16-7-3-2-4-8-16)23-24-21(25)30-15-19(27)22-17-9-11-18(12-10-17)31(28,29)26-13-5-6-14-26/h2-4,7-12H,5-6,13-15H2,1H3,(H,22,27). The van der Waals surface area contributed by atoms with Gasteiger partial charge in [-0.25, -0.2) is 8.42 Å². The van der Waals surface area contributed by atoms with Gasteiger partial charge in [0.25, 0.3) is 0 Å². The van der Waals surface area contributed by atoms with Crippen LogP contribution < -0.4 is 5.32 Å². The molecule has 0 atom stereocenters. The van der Waals surface area contributed by atoms with Crippen molar-refractivity contribution in [2.75, 3.05) is 24.2 Å². The van der Waals surface area contributed by atoms with E-state index in [1.54, 1.807) is 12.1 Å². The Morgan fingerprint density at radius 1 is 1.03 bits per heavy atom. The summed E-state index contributed by atoms with van der Waals surface area (Å²) in [5.74, 6) is 0.692. The Labute approximate surface area is 185 Å². The van der Waals surface area contributed by atoms with Crippen LogP contribution >= 0.6 is 11.8 Å². The first-order valence-corrected chi connectivity index (χ1v) is 12.4. The predicted molar refractivity (Wildman–Crippen MR) is 120 cm³/mol. The molecule has 0 radical (unpaired) electrons. The van der Waals surface area contributed by atoms with Crippen LogP contribution in [0.1, 0.15) is 12.8 Å².